The molecule has 0 aliphatic carbocycles. The minimum Gasteiger partial charge on any atom is -0.497 e. The van der Waals surface area contributed by atoms with E-state index in [9.17, 15) is 14.9 Å². The van der Waals surface area contributed by atoms with E-state index in [1.807, 2.05) is 84.9 Å². The Morgan fingerprint density at radius 2 is 1.48 bits per heavy atom. The number of methoxy groups -OCH3 is 2. The number of nitrogens with zero attached hydrogens (tertiary/aromatic N) is 5. The van der Waals surface area contributed by atoms with Crippen molar-refractivity contribution < 1.29 is 37.6 Å². The number of hydrogen-bond donors (Lipinski definition) is 1. The number of ether oxygens (including phenoxy) is 4. The number of aromatic nitrogens is 2. The molecule has 3 heterocycles. The average Bonchev–Trinajstić information content (AvgIpc) is 3.53. The van der Waals surface area contributed by atoms with Crippen molar-refractivity contribution in [3.63, 3.8) is 0 Å². The fourth-order valence-electron chi connectivity index (χ4n) is 8.31. The molecule has 2 saturated heterocycles. The van der Waals surface area contributed by atoms with Crippen LogP contribution in [0.5, 0.6) is 11.5 Å². The van der Waals surface area contributed by atoms with Crippen LogP contribution in [0.25, 0.3) is 0 Å². The van der Waals surface area contributed by atoms with Crippen LogP contribution >= 0.6 is 8.53 Å². The SMILES string of the molecule is COc1ccc(C(OC[C@@]23CON(C)[C@@H]([C@H](n4ccc(NC(=O)c5ccccc5)nc4=O)O2)[C@@H]3OP(OCCC#N)N(C(C)C)C(C)C)(c2ccccc2)c2ccc(OC)cc2)cc1. The number of amides is 1. The highest BCUT2D eigenvalue weighted by atomic mass is 31.2. The van der Waals surface area contributed by atoms with Crippen LogP contribution in [0.15, 0.2) is 126 Å². The smallest absolute Gasteiger partial charge is 0.351 e. The molecule has 1 amide bonds. The zero-order valence-electron chi connectivity index (χ0n) is 37.1. The maximum Gasteiger partial charge on any atom is 0.351 e. The third kappa shape index (κ3) is 9.61. The van der Waals surface area contributed by atoms with E-state index in [1.54, 1.807) is 62.9 Å². The molecular weight excluding hydrogens is 836 g/mol. The van der Waals surface area contributed by atoms with Crippen LogP contribution in [0.4, 0.5) is 5.82 Å². The summed E-state index contributed by atoms with van der Waals surface area (Å²) in [6.07, 6.45) is -0.150. The minimum absolute atomic E-state index is 0.00586. The fraction of sp³-hybridized carbons (Fsp3) is 0.375. The molecule has 7 rings (SSSR count). The van der Waals surface area contributed by atoms with E-state index in [1.165, 1.54) is 4.57 Å². The lowest BCUT2D eigenvalue weighted by Gasteiger charge is -2.46. The molecule has 2 aliphatic rings. The molecule has 2 aliphatic heterocycles. The number of anilines is 1. The molecule has 15 nitrogen and oxygen atoms in total. The first-order valence-electron chi connectivity index (χ1n) is 21.2. The predicted molar refractivity (Wildman–Crippen MR) is 242 cm³/mol. The lowest BCUT2D eigenvalue weighted by molar-refractivity contribution is -0.258. The number of nitrogens with one attached hydrogen (secondary N) is 1. The number of carbonyl (C=O) groups excluding carboxylic acids is 1. The van der Waals surface area contributed by atoms with Gasteiger partial charge in [0.15, 0.2) is 6.23 Å². The molecule has 0 radical (unpaired) electrons. The second kappa shape index (κ2) is 20.5. The van der Waals surface area contributed by atoms with Crippen molar-refractivity contribution in [2.24, 2.45) is 0 Å². The number of likely N-dealkylation sites (N-methyl/N-ethyl adjacent to an activating group) is 1. The first-order valence-corrected chi connectivity index (χ1v) is 22.3. The molecule has 0 spiro atoms. The Morgan fingerprint density at radius 3 is 2.03 bits per heavy atom. The first-order chi connectivity index (χ1) is 30.9. The Bertz CT molecular complexity index is 2360. The van der Waals surface area contributed by atoms with Gasteiger partial charge < -0.3 is 33.3 Å². The fourth-order valence-corrected chi connectivity index (χ4v) is 10.1. The number of carbonyl (C=O) groups is 1. The van der Waals surface area contributed by atoms with Gasteiger partial charge in [-0.2, -0.15) is 15.3 Å². The summed E-state index contributed by atoms with van der Waals surface area (Å²) in [4.78, 5) is 37.9. The number of hydrogen-bond acceptors (Lipinski definition) is 13. The van der Waals surface area contributed by atoms with Gasteiger partial charge in [0.1, 0.15) is 47.3 Å². The Kier molecular flexibility index (Phi) is 14.9. The van der Waals surface area contributed by atoms with E-state index < -0.39 is 49.7 Å². The van der Waals surface area contributed by atoms with Gasteiger partial charge in [0.05, 0.1) is 39.9 Å². The standard InChI is InChI=1S/C48H55N6O9P/c1-33(2)54(34(3)4)64(61-30-14-28-49)63-43-42-45(53-29-27-41(51-46(53)56)50-44(55)35-15-10-8-11-16-35)62-47(43,32-60-52(42)5)31-59-48(36-17-12-9-13-18-36,37-19-23-39(57-6)24-20-37)38-21-25-40(58-7)26-22-38/h8-13,15-27,29,33-34,42-43,45H,14,30-32H2,1-7H3,(H,50,51,55,56)/t42-,43+,45-,47+,64?/m1/s1. The zero-order chi connectivity index (χ0) is 45.4. The summed E-state index contributed by atoms with van der Waals surface area (Å²) in [6.45, 7) is 8.26. The molecule has 4 aromatic carbocycles. The summed E-state index contributed by atoms with van der Waals surface area (Å²) in [5.41, 5.74) is -0.421. The molecule has 5 aromatic rings. The van der Waals surface area contributed by atoms with E-state index >= 15 is 0 Å². The monoisotopic (exact) mass is 890 g/mol. The molecule has 16 heteroatoms. The van der Waals surface area contributed by atoms with Crippen molar-refractivity contribution in [3.05, 3.63) is 154 Å². The summed E-state index contributed by atoms with van der Waals surface area (Å²) in [6, 6.07) is 37.0. The third-order valence-electron chi connectivity index (χ3n) is 11.4. The van der Waals surface area contributed by atoms with E-state index in [-0.39, 0.29) is 44.1 Å². The largest absolute Gasteiger partial charge is 0.497 e. The molecule has 2 fully saturated rings. The van der Waals surface area contributed by atoms with Gasteiger partial charge in [-0.05, 0) is 86.8 Å². The van der Waals surface area contributed by atoms with Crippen molar-refractivity contribution in [2.75, 3.05) is 46.4 Å². The topological polar surface area (TPSA) is 159 Å². The molecule has 1 N–H and O–H groups in total. The molecule has 1 unspecified atom stereocenters. The van der Waals surface area contributed by atoms with Gasteiger partial charge in [-0.3, -0.25) is 14.2 Å². The molecule has 64 heavy (non-hydrogen) atoms. The van der Waals surface area contributed by atoms with Crippen molar-refractivity contribution in [1.82, 2.24) is 19.3 Å². The molecular formula is C48H55N6O9P. The van der Waals surface area contributed by atoms with Gasteiger partial charge >= 0.3 is 5.69 Å². The minimum atomic E-state index is -1.83. The second-order valence-electron chi connectivity index (χ2n) is 16.1. The van der Waals surface area contributed by atoms with Gasteiger partial charge in [-0.1, -0.05) is 72.8 Å². The van der Waals surface area contributed by atoms with Gasteiger partial charge in [-0.25, -0.2) is 9.46 Å². The van der Waals surface area contributed by atoms with Gasteiger partial charge in [0.25, 0.3) is 14.4 Å². The lowest BCUT2D eigenvalue weighted by Crippen LogP contribution is -2.61. The Hall–Kier alpha value is -5.53. The number of rotatable bonds is 19. The van der Waals surface area contributed by atoms with Crippen molar-refractivity contribution in [3.8, 4) is 17.6 Å². The van der Waals surface area contributed by atoms with Crippen LogP contribution < -0.4 is 20.5 Å². The summed E-state index contributed by atoms with van der Waals surface area (Å²) < 4.78 is 43.1. The van der Waals surface area contributed by atoms with Gasteiger partial charge in [0, 0.05) is 30.9 Å². The van der Waals surface area contributed by atoms with E-state index in [0.717, 1.165) is 16.7 Å². The zero-order valence-corrected chi connectivity index (χ0v) is 38.0. The Labute approximate surface area is 375 Å². The highest BCUT2D eigenvalue weighted by molar-refractivity contribution is 7.44. The van der Waals surface area contributed by atoms with Crippen LogP contribution in [-0.2, 0) is 29.0 Å². The first kappa shape index (κ1) is 46.5. The molecule has 5 atom stereocenters. The van der Waals surface area contributed by atoms with Crippen LogP contribution in [-0.4, -0.2) is 96.1 Å². The summed E-state index contributed by atoms with van der Waals surface area (Å²) >= 11 is 0. The Morgan fingerprint density at radius 1 is 0.906 bits per heavy atom. The number of nitriles is 1. The number of benzene rings is 4. The van der Waals surface area contributed by atoms with Crippen molar-refractivity contribution in [2.45, 2.75) is 75.8 Å². The summed E-state index contributed by atoms with van der Waals surface area (Å²) in [5, 5.41) is 13.9. The Balaban J connectivity index is 1.35. The van der Waals surface area contributed by atoms with Crippen LogP contribution in [0, 0.1) is 11.3 Å². The van der Waals surface area contributed by atoms with Crippen LogP contribution in [0.2, 0.25) is 0 Å². The van der Waals surface area contributed by atoms with E-state index in [4.69, 9.17) is 32.8 Å². The molecule has 336 valence electrons. The number of fused-ring (bicyclic) bond motifs is 2. The highest BCUT2D eigenvalue weighted by Crippen LogP contribution is 2.55. The van der Waals surface area contributed by atoms with Crippen molar-refractivity contribution in [1.29, 1.82) is 5.26 Å². The summed E-state index contributed by atoms with van der Waals surface area (Å²) in [5.74, 6) is 1.03. The molecule has 1 aromatic heterocycles. The molecule has 0 saturated carbocycles. The van der Waals surface area contributed by atoms with Crippen molar-refractivity contribution >= 4 is 20.3 Å². The summed E-state index contributed by atoms with van der Waals surface area (Å²) in [7, 11) is 3.18. The van der Waals surface area contributed by atoms with Crippen LogP contribution in [0.3, 0.4) is 0 Å². The van der Waals surface area contributed by atoms with E-state index in [0.29, 0.717) is 17.1 Å². The van der Waals surface area contributed by atoms with Gasteiger partial charge in [-0.15, -0.1) is 0 Å². The second-order valence-corrected chi connectivity index (χ2v) is 17.5. The maximum absolute atomic E-state index is 14.1. The average molecular weight is 891 g/mol. The van der Waals surface area contributed by atoms with Gasteiger partial charge in [0.2, 0.25) is 0 Å². The quantitative estimate of drug-likeness (QED) is 0.0489. The third-order valence-corrected chi connectivity index (χ3v) is 13.5. The normalized spacial score (nSPS) is 20.3. The number of hydroxylamine groups is 2. The lowest BCUT2D eigenvalue weighted by atomic mass is 9.79. The van der Waals surface area contributed by atoms with E-state index in [2.05, 4.69) is 48.7 Å². The highest BCUT2D eigenvalue weighted by Gasteiger charge is 2.64. The molecule has 2 bridgehead atoms. The predicted octanol–water partition coefficient (Wildman–Crippen LogP) is 7.70. The van der Waals surface area contributed by atoms with Crippen LogP contribution in [0.1, 0.15) is 67.4 Å². The maximum atomic E-state index is 14.1.